The molecule has 0 saturated carbocycles. The van der Waals surface area contributed by atoms with Gasteiger partial charge in [0.15, 0.2) is 0 Å². The molecule has 0 saturated heterocycles. The Balaban J connectivity index is 2.77. The second-order valence-electron chi connectivity index (χ2n) is 5.90. The van der Waals surface area contributed by atoms with Crippen LogP contribution < -0.4 is 10.9 Å². The van der Waals surface area contributed by atoms with E-state index in [-0.39, 0.29) is 34.9 Å². The predicted octanol–water partition coefficient (Wildman–Crippen LogP) is 1.89. The molecule has 0 atom stereocenters. The van der Waals surface area contributed by atoms with Crippen molar-refractivity contribution in [1.29, 1.82) is 0 Å². The van der Waals surface area contributed by atoms with Gasteiger partial charge in [0.2, 0.25) is 10.9 Å². The number of nitrogens with zero attached hydrogens (tertiary/aromatic N) is 2. The van der Waals surface area contributed by atoms with Crippen LogP contribution in [-0.2, 0) is 13.1 Å². The SMILES string of the molecule is CCn1cc(C(=O)O)c(=O)c2c1c(F)cc1c(=O)c(C(=O)O)cn(CC)c12. The van der Waals surface area contributed by atoms with Crippen molar-refractivity contribution in [2.75, 3.05) is 0 Å². The van der Waals surface area contributed by atoms with Gasteiger partial charge in [-0.1, -0.05) is 0 Å². The Morgan fingerprint density at radius 1 is 0.926 bits per heavy atom. The zero-order valence-electron chi connectivity index (χ0n) is 14.4. The predicted molar refractivity (Wildman–Crippen MR) is 95.2 cm³/mol. The third-order valence-corrected chi connectivity index (χ3v) is 4.47. The number of fused-ring (bicyclic) bond motifs is 3. The summed E-state index contributed by atoms with van der Waals surface area (Å²) in [6.45, 7) is 3.67. The van der Waals surface area contributed by atoms with Gasteiger partial charge in [-0.25, -0.2) is 14.0 Å². The first kappa shape index (κ1) is 18.3. The highest BCUT2D eigenvalue weighted by Gasteiger charge is 2.23. The van der Waals surface area contributed by atoms with Gasteiger partial charge < -0.3 is 19.3 Å². The molecule has 2 N–H and O–H groups in total. The van der Waals surface area contributed by atoms with Gasteiger partial charge in [-0.2, -0.15) is 0 Å². The first-order chi connectivity index (χ1) is 12.7. The van der Waals surface area contributed by atoms with Gasteiger partial charge in [-0.15, -0.1) is 0 Å². The van der Waals surface area contributed by atoms with Crippen molar-refractivity contribution < 1.29 is 24.2 Å². The van der Waals surface area contributed by atoms with Crippen LogP contribution in [0.25, 0.3) is 21.8 Å². The van der Waals surface area contributed by atoms with Gasteiger partial charge in [-0.05, 0) is 19.9 Å². The van der Waals surface area contributed by atoms with E-state index < -0.39 is 39.7 Å². The fourth-order valence-corrected chi connectivity index (χ4v) is 3.24. The largest absolute Gasteiger partial charge is 0.477 e. The second kappa shape index (κ2) is 6.35. The van der Waals surface area contributed by atoms with Crippen LogP contribution in [0, 0.1) is 5.82 Å². The summed E-state index contributed by atoms with van der Waals surface area (Å²) in [6.07, 6.45) is 2.13. The van der Waals surface area contributed by atoms with E-state index >= 15 is 0 Å². The summed E-state index contributed by atoms with van der Waals surface area (Å²) in [6, 6.07) is 0.893. The lowest BCUT2D eigenvalue weighted by Gasteiger charge is -2.16. The summed E-state index contributed by atoms with van der Waals surface area (Å²) < 4.78 is 17.4. The van der Waals surface area contributed by atoms with Gasteiger partial charge in [0, 0.05) is 25.5 Å². The molecule has 0 aliphatic rings. The van der Waals surface area contributed by atoms with Gasteiger partial charge in [-0.3, -0.25) is 9.59 Å². The third-order valence-electron chi connectivity index (χ3n) is 4.47. The molecule has 0 aliphatic heterocycles. The molecule has 0 aliphatic carbocycles. The smallest absolute Gasteiger partial charge is 0.341 e. The Bertz CT molecular complexity index is 1260. The highest BCUT2D eigenvalue weighted by Crippen LogP contribution is 2.25. The summed E-state index contributed by atoms with van der Waals surface area (Å²) in [5, 5.41) is 18.0. The highest BCUT2D eigenvalue weighted by atomic mass is 19.1. The van der Waals surface area contributed by atoms with E-state index in [9.17, 15) is 33.8 Å². The highest BCUT2D eigenvalue weighted by molar-refractivity contribution is 6.08. The quantitative estimate of drug-likeness (QED) is 0.673. The van der Waals surface area contributed by atoms with Crippen molar-refractivity contribution >= 4 is 33.7 Å². The molecule has 8 nitrogen and oxygen atoms in total. The maximum absolute atomic E-state index is 14.8. The maximum atomic E-state index is 14.8. The molecule has 0 amide bonds. The van der Waals surface area contributed by atoms with Crippen molar-refractivity contribution in [3.8, 4) is 0 Å². The number of benzene rings is 1. The lowest BCUT2D eigenvalue weighted by molar-refractivity contribution is 0.0684. The molecular weight excluding hydrogens is 359 g/mol. The zero-order chi connectivity index (χ0) is 20.0. The van der Waals surface area contributed by atoms with Crippen LogP contribution in [0.1, 0.15) is 34.6 Å². The Morgan fingerprint density at radius 2 is 1.41 bits per heavy atom. The summed E-state index contributed by atoms with van der Waals surface area (Å²) in [5.74, 6) is -3.86. The van der Waals surface area contributed by atoms with Crippen molar-refractivity contribution in [2.24, 2.45) is 0 Å². The monoisotopic (exact) mass is 374 g/mol. The number of pyridine rings is 2. The number of aromatic carboxylic acids is 2. The normalized spacial score (nSPS) is 11.2. The molecule has 0 bridgehead atoms. The fraction of sp³-hybridized carbons (Fsp3) is 0.222. The van der Waals surface area contributed by atoms with E-state index in [0.717, 1.165) is 18.5 Å². The topological polar surface area (TPSA) is 119 Å². The lowest BCUT2D eigenvalue weighted by atomic mass is 10.0. The molecule has 27 heavy (non-hydrogen) atoms. The number of hydrogen-bond acceptors (Lipinski definition) is 4. The van der Waals surface area contributed by atoms with Crippen molar-refractivity contribution in [3.05, 3.63) is 55.9 Å². The minimum absolute atomic E-state index is 0.0131. The van der Waals surface area contributed by atoms with E-state index in [0.29, 0.717) is 0 Å². The third kappa shape index (κ3) is 2.59. The lowest BCUT2D eigenvalue weighted by Crippen LogP contribution is -2.23. The maximum Gasteiger partial charge on any atom is 0.341 e. The number of carboxylic acid groups (broad SMARTS) is 2. The van der Waals surface area contributed by atoms with Crippen LogP contribution >= 0.6 is 0 Å². The van der Waals surface area contributed by atoms with Crippen LogP contribution in [0.15, 0.2) is 28.0 Å². The summed E-state index contributed by atoms with van der Waals surface area (Å²) in [7, 11) is 0. The minimum atomic E-state index is -1.48. The van der Waals surface area contributed by atoms with Gasteiger partial charge in [0.1, 0.15) is 16.9 Å². The van der Waals surface area contributed by atoms with Gasteiger partial charge in [0.05, 0.1) is 21.8 Å². The number of hydrogen-bond donors (Lipinski definition) is 2. The van der Waals surface area contributed by atoms with Crippen LogP contribution in [0.4, 0.5) is 4.39 Å². The van der Waals surface area contributed by atoms with Crippen LogP contribution in [-0.4, -0.2) is 31.3 Å². The van der Waals surface area contributed by atoms with Gasteiger partial charge in [0.25, 0.3) is 0 Å². The molecule has 9 heteroatoms. The van der Waals surface area contributed by atoms with E-state index in [4.69, 9.17) is 0 Å². The van der Waals surface area contributed by atoms with E-state index in [1.807, 2.05) is 0 Å². The molecule has 0 radical (unpaired) electrons. The van der Waals surface area contributed by atoms with E-state index in [2.05, 4.69) is 0 Å². The molecule has 0 fully saturated rings. The molecule has 1 aromatic carbocycles. The summed E-state index contributed by atoms with van der Waals surface area (Å²) in [4.78, 5) is 48.2. The van der Waals surface area contributed by atoms with Crippen LogP contribution in [0.2, 0.25) is 0 Å². The number of carboxylic acids is 2. The van der Waals surface area contributed by atoms with E-state index in [1.54, 1.807) is 13.8 Å². The zero-order valence-corrected chi connectivity index (χ0v) is 14.4. The summed E-state index contributed by atoms with van der Waals surface area (Å²) >= 11 is 0. The summed E-state index contributed by atoms with van der Waals surface area (Å²) in [5.41, 5.74) is -3.12. The molecule has 140 valence electrons. The Hall–Kier alpha value is -3.49. The molecule has 0 unspecified atom stereocenters. The second-order valence-corrected chi connectivity index (χ2v) is 5.90. The Morgan fingerprint density at radius 3 is 1.89 bits per heavy atom. The average molecular weight is 374 g/mol. The average Bonchev–Trinajstić information content (AvgIpc) is 2.62. The number of aryl methyl sites for hydroxylation is 2. The Kier molecular flexibility index (Phi) is 4.30. The van der Waals surface area contributed by atoms with Crippen molar-refractivity contribution in [3.63, 3.8) is 0 Å². The molecule has 3 aromatic rings. The number of halogens is 1. The fourth-order valence-electron chi connectivity index (χ4n) is 3.24. The molecule has 0 spiro atoms. The molecule has 2 heterocycles. The van der Waals surface area contributed by atoms with Crippen molar-refractivity contribution in [2.45, 2.75) is 26.9 Å². The molecular formula is C18H15FN2O6. The standard InChI is InChI=1S/C18H15FN2O6/c1-3-20-6-9(17(24)25)15(22)8-5-11(19)14-12(13(8)20)16(23)10(18(26)27)7-21(14)4-2/h5-7H,3-4H2,1-2H3,(H,24,25)(H,26,27). The van der Waals surface area contributed by atoms with E-state index in [1.165, 1.54) is 9.13 Å². The Labute approximate surface area is 150 Å². The molecule has 3 rings (SSSR count). The molecule has 2 aromatic heterocycles. The first-order valence-corrected chi connectivity index (χ1v) is 8.12. The van der Waals surface area contributed by atoms with Gasteiger partial charge >= 0.3 is 11.9 Å². The number of carbonyl (C=O) groups is 2. The minimum Gasteiger partial charge on any atom is -0.477 e. The van der Waals surface area contributed by atoms with Crippen molar-refractivity contribution in [1.82, 2.24) is 9.13 Å². The number of aromatic nitrogens is 2. The first-order valence-electron chi connectivity index (χ1n) is 8.12. The van der Waals surface area contributed by atoms with Crippen LogP contribution in [0.3, 0.4) is 0 Å². The number of rotatable bonds is 4. The van der Waals surface area contributed by atoms with Crippen LogP contribution in [0.5, 0.6) is 0 Å².